The highest BCUT2D eigenvalue weighted by molar-refractivity contribution is 5.68. The van der Waals surface area contributed by atoms with Gasteiger partial charge in [-0.25, -0.2) is 4.68 Å². The Morgan fingerprint density at radius 3 is 2.50 bits per heavy atom. The van der Waals surface area contributed by atoms with Crippen LogP contribution in [0.5, 0.6) is 5.75 Å². The summed E-state index contributed by atoms with van der Waals surface area (Å²) < 4.78 is 12.6. The van der Waals surface area contributed by atoms with Crippen molar-refractivity contribution in [1.29, 1.82) is 0 Å². The van der Waals surface area contributed by atoms with Crippen molar-refractivity contribution in [3.8, 4) is 22.6 Å². The molecule has 1 aliphatic rings. The number of benzene rings is 2. The van der Waals surface area contributed by atoms with Crippen molar-refractivity contribution in [2.75, 3.05) is 38.3 Å². The summed E-state index contributed by atoms with van der Waals surface area (Å²) in [6, 6.07) is 16.6. The molecule has 1 aliphatic heterocycles. The zero-order chi connectivity index (χ0) is 17.9. The highest BCUT2D eigenvalue weighted by Gasteiger charge is 2.13. The second kappa shape index (κ2) is 7.22. The van der Waals surface area contributed by atoms with Gasteiger partial charge in [-0.15, -0.1) is 0 Å². The zero-order valence-electron chi connectivity index (χ0n) is 15.2. The first kappa shape index (κ1) is 16.7. The predicted octanol–water partition coefficient (Wildman–Crippen LogP) is 3.69. The quantitative estimate of drug-likeness (QED) is 0.720. The fourth-order valence-electron chi connectivity index (χ4n) is 3.30. The smallest absolute Gasteiger partial charge is 0.121 e. The topological polar surface area (TPSA) is 39.5 Å². The number of nitrogens with zero attached hydrogens (tertiary/aromatic N) is 3. The monoisotopic (exact) mass is 349 g/mol. The van der Waals surface area contributed by atoms with Crippen molar-refractivity contribution in [2.45, 2.75) is 6.92 Å². The molecule has 0 saturated carbocycles. The Labute approximate surface area is 153 Å². The number of aromatic nitrogens is 2. The van der Waals surface area contributed by atoms with E-state index in [1.165, 1.54) is 11.3 Å². The van der Waals surface area contributed by atoms with Crippen LogP contribution in [0.25, 0.3) is 16.8 Å². The summed E-state index contributed by atoms with van der Waals surface area (Å²) in [6.45, 7) is 5.54. The summed E-state index contributed by atoms with van der Waals surface area (Å²) in [5, 5.41) is 4.68. The molecule has 26 heavy (non-hydrogen) atoms. The molecule has 0 spiro atoms. The van der Waals surface area contributed by atoms with E-state index in [9.17, 15) is 0 Å². The number of hydrogen-bond donors (Lipinski definition) is 0. The van der Waals surface area contributed by atoms with Crippen LogP contribution in [0.1, 0.15) is 5.69 Å². The number of morpholine rings is 1. The van der Waals surface area contributed by atoms with E-state index < -0.39 is 0 Å². The van der Waals surface area contributed by atoms with Crippen LogP contribution in [0.4, 0.5) is 5.69 Å². The first-order valence-electron chi connectivity index (χ1n) is 8.88. The number of aryl methyl sites for hydroxylation is 1. The third-order valence-corrected chi connectivity index (χ3v) is 4.77. The van der Waals surface area contributed by atoms with Gasteiger partial charge in [-0.3, -0.25) is 0 Å². The van der Waals surface area contributed by atoms with Crippen LogP contribution in [0.3, 0.4) is 0 Å². The lowest BCUT2D eigenvalue weighted by Crippen LogP contribution is -2.36. The molecular weight excluding hydrogens is 326 g/mol. The molecule has 4 rings (SSSR count). The van der Waals surface area contributed by atoms with E-state index in [-0.39, 0.29) is 0 Å². The Balaban J connectivity index is 1.60. The van der Waals surface area contributed by atoms with E-state index in [0.29, 0.717) is 0 Å². The average Bonchev–Trinajstić information content (AvgIpc) is 3.10. The molecule has 1 aromatic heterocycles. The van der Waals surface area contributed by atoms with Gasteiger partial charge in [0.15, 0.2) is 0 Å². The van der Waals surface area contributed by atoms with Gasteiger partial charge in [0.1, 0.15) is 5.75 Å². The number of anilines is 1. The fraction of sp³-hybridized carbons (Fsp3) is 0.286. The van der Waals surface area contributed by atoms with Crippen LogP contribution >= 0.6 is 0 Å². The lowest BCUT2D eigenvalue weighted by atomic mass is 10.1. The number of hydrogen-bond acceptors (Lipinski definition) is 4. The second-order valence-electron chi connectivity index (χ2n) is 6.42. The van der Waals surface area contributed by atoms with Gasteiger partial charge in [0.2, 0.25) is 0 Å². The molecule has 0 unspecified atom stereocenters. The summed E-state index contributed by atoms with van der Waals surface area (Å²) in [7, 11) is 1.68. The molecule has 0 atom stereocenters. The van der Waals surface area contributed by atoms with Crippen molar-refractivity contribution in [3.63, 3.8) is 0 Å². The number of methoxy groups -OCH3 is 1. The van der Waals surface area contributed by atoms with Gasteiger partial charge in [0.25, 0.3) is 0 Å². The molecule has 1 saturated heterocycles. The van der Waals surface area contributed by atoms with Gasteiger partial charge in [0, 0.05) is 36.6 Å². The standard InChI is InChI=1S/C21H23N3O2/c1-16-21(15-24(22-16)19-4-3-5-20(14-19)25-2)17-6-8-18(9-7-17)23-10-12-26-13-11-23/h3-9,14-15H,10-13H2,1-2H3. The van der Waals surface area contributed by atoms with Crippen LogP contribution in [-0.4, -0.2) is 43.2 Å². The van der Waals surface area contributed by atoms with Crippen LogP contribution in [-0.2, 0) is 4.74 Å². The Kier molecular flexibility index (Phi) is 4.63. The predicted molar refractivity (Wildman–Crippen MR) is 103 cm³/mol. The Morgan fingerprint density at radius 2 is 1.77 bits per heavy atom. The molecular formula is C21H23N3O2. The maximum atomic E-state index is 5.43. The zero-order valence-corrected chi connectivity index (χ0v) is 15.2. The first-order valence-corrected chi connectivity index (χ1v) is 8.88. The molecule has 5 heteroatoms. The third-order valence-electron chi connectivity index (χ3n) is 4.77. The maximum Gasteiger partial charge on any atom is 0.121 e. The molecule has 0 N–H and O–H groups in total. The molecule has 0 amide bonds. The summed E-state index contributed by atoms with van der Waals surface area (Å²) in [6.07, 6.45) is 2.08. The van der Waals surface area contributed by atoms with E-state index in [1.807, 2.05) is 35.9 Å². The van der Waals surface area contributed by atoms with Gasteiger partial charge in [-0.1, -0.05) is 18.2 Å². The lowest BCUT2D eigenvalue weighted by Gasteiger charge is -2.28. The Morgan fingerprint density at radius 1 is 1.00 bits per heavy atom. The van der Waals surface area contributed by atoms with Crippen molar-refractivity contribution >= 4 is 5.69 Å². The second-order valence-corrected chi connectivity index (χ2v) is 6.42. The summed E-state index contributed by atoms with van der Waals surface area (Å²) >= 11 is 0. The SMILES string of the molecule is COc1cccc(-n2cc(-c3ccc(N4CCOCC4)cc3)c(C)n2)c1. The Bertz CT molecular complexity index is 881. The van der Waals surface area contributed by atoms with Gasteiger partial charge in [-0.05, 0) is 36.8 Å². The minimum absolute atomic E-state index is 0.800. The number of rotatable bonds is 4. The maximum absolute atomic E-state index is 5.43. The van der Waals surface area contributed by atoms with E-state index in [2.05, 4.69) is 40.5 Å². The molecule has 3 aromatic rings. The number of ether oxygens (including phenoxy) is 2. The van der Waals surface area contributed by atoms with Crippen molar-refractivity contribution in [1.82, 2.24) is 9.78 Å². The molecule has 134 valence electrons. The highest BCUT2D eigenvalue weighted by Crippen LogP contribution is 2.27. The minimum Gasteiger partial charge on any atom is -0.497 e. The Hall–Kier alpha value is -2.79. The van der Waals surface area contributed by atoms with E-state index in [1.54, 1.807) is 7.11 Å². The summed E-state index contributed by atoms with van der Waals surface area (Å²) in [4.78, 5) is 2.36. The molecule has 0 radical (unpaired) electrons. The largest absolute Gasteiger partial charge is 0.497 e. The van der Waals surface area contributed by atoms with Crippen molar-refractivity contribution in [2.24, 2.45) is 0 Å². The molecule has 5 nitrogen and oxygen atoms in total. The van der Waals surface area contributed by atoms with E-state index in [0.717, 1.165) is 49.0 Å². The van der Waals surface area contributed by atoms with Crippen molar-refractivity contribution in [3.05, 3.63) is 60.4 Å². The van der Waals surface area contributed by atoms with E-state index in [4.69, 9.17) is 9.47 Å². The van der Waals surface area contributed by atoms with Gasteiger partial charge < -0.3 is 14.4 Å². The van der Waals surface area contributed by atoms with Crippen LogP contribution in [0.2, 0.25) is 0 Å². The third kappa shape index (κ3) is 3.30. The molecule has 0 aliphatic carbocycles. The normalized spacial score (nSPS) is 14.5. The van der Waals surface area contributed by atoms with Gasteiger partial charge in [0.05, 0.1) is 31.7 Å². The fourth-order valence-corrected chi connectivity index (χ4v) is 3.30. The molecule has 1 fully saturated rings. The lowest BCUT2D eigenvalue weighted by molar-refractivity contribution is 0.122. The summed E-state index contributed by atoms with van der Waals surface area (Å²) in [5.74, 6) is 0.826. The van der Waals surface area contributed by atoms with Gasteiger partial charge >= 0.3 is 0 Å². The average molecular weight is 349 g/mol. The van der Waals surface area contributed by atoms with Crippen LogP contribution in [0, 0.1) is 6.92 Å². The van der Waals surface area contributed by atoms with E-state index >= 15 is 0 Å². The van der Waals surface area contributed by atoms with Crippen molar-refractivity contribution < 1.29 is 9.47 Å². The highest BCUT2D eigenvalue weighted by atomic mass is 16.5. The van der Waals surface area contributed by atoms with Gasteiger partial charge in [-0.2, -0.15) is 5.10 Å². The summed E-state index contributed by atoms with van der Waals surface area (Å²) in [5.41, 5.74) is 5.56. The van der Waals surface area contributed by atoms with Crippen LogP contribution in [0.15, 0.2) is 54.7 Å². The minimum atomic E-state index is 0.800. The molecule has 2 heterocycles. The van der Waals surface area contributed by atoms with Crippen LogP contribution < -0.4 is 9.64 Å². The first-order chi connectivity index (χ1) is 12.7. The molecule has 2 aromatic carbocycles. The molecule has 0 bridgehead atoms.